The molecule has 1 heterocycles. The summed E-state index contributed by atoms with van der Waals surface area (Å²) in [6.07, 6.45) is 2.15. The lowest BCUT2D eigenvalue weighted by Crippen LogP contribution is -2.62. The zero-order valence-electron chi connectivity index (χ0n) is 36.1. The molecule has 0 aromatic rings. The first-order chi connectivity index (χ1) is 23.1. The smallest absolute Gasteiger partial charge is 0.315 e. The molecular formula is C27H45N5O5. The van der Waals surface area contributed by atoms with Gasteiger partial charge in [0.2, 0.25) is 17.6 Å². The molecule has 3 rings (SSSR count). The van der Waals surface area contributed by atoms with Crippen LogP contribution < -0.4 is 21.7 Å². The van der Waals surface area contributed by atoms with Crippen LogP contribution in [0.5, 0.6) is 0 Å². The molecule has 10 heteroatoms. The van der Waals surface area contributed by atoms with Crippen molar-refractivity contribution >= 4 is 29.5 Å². The zero-order valence-corrected chi connectivity index (χ0v) is 21.1. The number of nitrogens with two attached hydrogens (primary N) is 1. The molecule has 37 heavy (non-hydrogen) atoms. The largest absolute Gasteiger partial charge is 0.363 e. The Labute approximate surface area is 241 Å². The molecule has 0 radical (unpaired) electrons. The van der Waals surface area contributed by atoms with E-state index in [4.69, 9.17) is 26.3 Å². The van der Waals surface area contributed by atoms with Gasteiger partial charge < -0.3 is 26.6 Å². The van der Waals surface area contributed by atoms with E-state index in [1.807, 2.05) is 0 Å². The summed E-state index contributed by atoms with van der Waals surface area (Å²) in [4.78, 5) is 67.4. The van der Waals surface area contributed by atoms with Crippen molar-refractivity contribution in [1.29, 1.82) is 0 Å². The van der Waals surface area contributed by atoms with Crippen LogP contribution in [-0.4, -0.2) is 64.6 Å². The Kier molecular flexibility index (Phi) is 3.88. The molecule has 0 aromatic heterocycles. The van der Waals surface area contributed by atoms with Gasteiger partial charge >= 0.3 is 6.03 Å². The van der Waals surface area contributed by atoms with Crippen LogP contribution >= 0.6 is 0 Å². The van der Waals surface area contributed by atoms with E-state index < -0.39 is 117 Å². The second-order valence-corrected chi connectivity index (χ2v) is 11.4. The summed E-state index contributed by atoms with van der Waals surface area (Å²) in [5.41, 5.74) is -2.43. The minimum atomic E-state index is -3.84. The number of nitrogens with one attached hydrogen (secondary N) is 3. The third-order valence-corrected chi connectivity index (χ3v) is 7.42. The first-order valence-electron chi connectivity index (χ1n) is 19.6. The normalized spacial score (nSPS) is 34.0. The van der Waals surface area contributed by atoms with E-state index >= 15 is 0 Å². The number of amides is 5. The average Bonchev–Trinajstić information content (AvgIpc) is 3.42. The van der Waals surface area contributed by atoms with E-state index in [9.17, 15) is 24.0 Å². The predicted octanol–water partition coefficient (Wildman–Crippen LogP) is 1.71. The van der Waals surface area contributed by atoms with Gasteiger partial charge in [-0.05, 0) is 55.6 Å². The summed E-state index contributed by atoms with van der Waals surface area (Å²) < 4.78 is 119. The van der Waals surface area contributed by atoms with Crippen molar-refractivity contribution in [3.05, 3.63) is 0 Å². The average molecular weight is 535 g/mol. The van der Waals surface area contributed by atoms with Crippen LogP contribution in [-0.2, 0) is 19.2 Å². The summed E-state index contributed by atoms with van der Waals surface area (Å²) in [7, 11) is 0. The van der Waals surface area contributed by atoms with Gasteiger partial charge in [0, 0.05) is 32.6 Å². The monoisotopic (exact) mass is 534 g/mol. The summed E-state index contributed by atoms with van der Waals surface area (Å²) in [5.74, 6) is -7.78. The molecule has 208 valence electrons. The third kappa shape index (κ3) is 6.26. The number of primary amides is 1. The van der Waals surface area contributed by atoms with E-state index in [2.05, 4.69) is 10.6 Å². The Morgan fingerprint density at radius 2 is 1.73 bits per heavy atom. The molecule has 0 aromatic carbocycles. The fourth-order valence-electron chi connectivity index (χ4n) is 5.14. The van der Waals surface area contributed by atoms with Crippen molar-refractivity contribution in [3.8, 4) is 0 Å². The Bertz CT molecular complexity index is 1390. The summed E-state index contributed by atoms with van der Waals surface area (Å²) in [5, 5.41) is 6.08. The Morgan fingerprint density at radius 3 is 2.22 bits per heavy atom. The van der Waals surface area contributed by atoms with Gasteiger partial charge in [0.25, 0.3) is 5.91 Å². The summed E-state index contributed by atoms with van der Waals surface area (Å²) in [6, 6.07) is -6.87. The number of fused-ring (bicyclic) bond motifs is 1. The number of Topliss-reactive ketones (excluding diaryl/α,β-unsaturated/α-hetero) is 1. The summed E-state index contributed by atoms with van der Waals surface area (Å²) >= 11 is 0. The maximum absolute atomic E-state index is 14.4. The Morgan fingerprint density at radius 1 is 1.08 bits per heavy atom. The van der Waals surface area contributed by atoms with Gasteiger partial charge in [-0.1, -0.05) is 53.7 Å². The molecule has 2 saturated carbocycles. The molecule has 1 saturated heterocycles. The van der Waals surface area contributed by atoms with Crippen LogP contribution in [0.4, 0.5) is 4.79 Å². The lowest BCUT2D eigenvalue weighted by Gasteiger charge is -2.38. The van der Waals surface area contributed by atoms with Gasteiger partial charge in [0.1, 0.15) is 12.1 Å². The number of piperidine rings is 1. The third-order valence-electron chi connectivity index (χ3n) is 7.42. The quantitative estimate of drug-likeness (QED) is 0.350. The number of ketones is 1. The lowest BCUT2D eigenvalue weighted by atomic mass is 9.80. The molecule has 3 fully saturated rings. The first-order valence-corrected chi connectivity index (χ1v) is 12.1. The molecule has 5 N–H and O–H groups in total. The molecule has 2 aliphatic carbocycles. The lowest BCUT2D eigenvalue weighted by molar-refractivity contribution is -0.145. The molecule has 3 aliphatic rings. The van der Waals surface area contributed by atoms with Gasteiger partial charge in [-0.25, -0.2) is 4.79 Å². The first kappa shape index (κ1) is 14.5. The van der Waals surface area contributed by atoms with Gasteiger partial charge in [0.15, 0.2) is 0 Å². The second-order valence-electron chi connectivity index (χ2n) is 11.4. The fourth-order valence-corrected chi connectivity index (χ4v) is 5.14. The van der Waals surface area contributed by atoms with Gasteiger partial charge in [-0.15, -0.1) is 0 Å². The minimum Gasteiger partial charge on any atom is -0.363 e. The maximum Gasteiger partial charge on any atom is 0.315 e. The summed E-state index contributed by atoms with van der Waals surface area (Å²) in [6.45, 7) is -14.3. The van der Waals surface area contributed by atoms with Gasteiger partial charge in [-0.2, -0.15) is 0 Å². The Hall–Kier alpha value is -2.65. The van der Waals surface area contributed by atoms with Crippen molar-refractivity contribution in [3.63, 3.8) is 0 Å². The van der Waals surface area contributed by atoms with Crippen LogP contribution in [0.1, 0.15) is 101 Å². The number of carbonyl (C=O) groups is 5. The van der Waals surface area contributed by atoms with E-state index in [0.717, 1.165) is 11.3 Å². The number of hydrogen-bond donors (Lipinski definition) is 4. The highest BCUT2D eigenvalue weighted by atomic mass is 16.2. The van der Waals surface area contributed by atoms with Crippen molar-refractivity contribution in [2.75, 3.05) is 6.54 Å². The maximum atomic E-state index is 14.4. The van der Waals surface area contributed by atoms with Gasteiger partial charge in [0.05, 0.1) is 6.04 Å². The number of hydrogen-bond acceptors (Lipinski definition) is 5. The zero-order chi connectivity index (χ0) is 40.6. The highest BCUT2D eigenvalue weighted by molar-refractivity contribution is 6.37. The van der Waals surface area contributed by atoms with Crippen molar-refractivity contribution < 1.29 is 44.5 Å². The number of rotatable bonds is 8. The van der Waals surface area contributed by atoms with Crippen molar-refractivity contribution in [1.82, 2.24) is 20.9 Å². The number of carbonyl (C=O) groups excluding carboxylic acids is 5. The Balaban J connectivity index is 2.09. The predicted molar refractivity (Wildman–Crippen MR) is 139 cm³/mol. The molecule has 0 spiro atoms. The number of nitrogens with zero attached hydrogens (tertiary/aromatic N) is 1. The van der Waals surface area contributed by atoms with Crippen LogP contribution in [0, 0.1) is 28.6 Å². The molecule has 5 atom stereocenters. The van der Waals surface area contributed by atoms with Crippen molar-refractivity contribution in [2.24, 2.45) is 34.3 Å². The molecule has 1 aliphatic heterocycles. The fraction of sp³-hybridized carbons (Fsp3) is 0.815. The molecular weight excluding hydrogens is 474 g/mol. The number of urea groups is 1. The van der Waals surface area contributed by atoms with Crippen LogP contribution in [0.15, 0.2) is 0 Å². The van der Waals surface area contributed by atoms with E-state index in [1.165, 1.54) is 20.8 Å². The SMILES string of the molecule is [2H]C([2H])([2H])C1(C([2H])([2H])[2H])[C@@H]2[C@@H](C(=O)N[C@@H](CC3CCC3)C(=O)C(N)=O)N(C(=O)[C@@H](NC(=O)NC(C([2H])([2H])[2H])(C([2H])([2H])[2H])C([2H])([2H])[2H])C(C)(C)C)C[C@@H]21. The molecule has 0 unspecified atom stereocenters. The van der Waals surface area contributed by atoms with Crippen LogP contribution in [0.25, 0.3) is 0 Å². The minimum absolute atomic E-state index is 0.0173. The highest BCUT2D eigenvalue weighted by Crippen LogP contribution is 2.65. The van der Waals surface area contributed by atoms with Crippen LogP contribution in [0.2, 0.25) is 0 Å². The van der Waals surface area contributed by atoms with Crippen LogP contribution in [0.3, 0.4) is 0 Å². The van der Waals surface area contributed by atoms with E-state index in [-0.39, 0.29) is 12.3 Å². The topological polar surface area (TPSA) is 151 Å². The molecule has 0 bridgehead atoms. The van der Waals surface area contributed by atoms with E-state index in [1.54, 1.807) is 5.32 Å². The van der Waals surface area contributed by atoms with Gasteiger partial charge in [-0.3, -0.25) is 19.2 Å². The van der Waals surface area contributed by atoms with Crippen molar-refractivity contribution in [2.45, 2.75) is 104 Å². The highest BCUT2D eigenvalue weighted by Gasteiger charge is 2.70. The molecule has 5 amide bonds. The molecule has 10 nitrogen and oxygen atoms in total. The van der Waals surface area contributed by atoms with E-state index in [0.29, 0.717) is 12.8 Å². The second kappa shape index (κ2) is 9.91. The standard InChI is InChI=1S/C27H45N5O5/c1-25(2,3)20(30-24(37)31-26(4,5)6)23(36)32-13-15-17(27(15,7)8)18(32)22(35)29-16(19(33)21(28)34)12-14-10-9-11-14/h14-18,20H,9-13H2,1-8H3,(H2,28,34)(H,29,35)(H2,30,31,37)/t15-,16-,17-,18-,20+/m0/s1/i4D3,5D3,6D3,7D3,8D3. The number of likely N-dealkylation sites (tertiary alicyclic amines) is 1.